The molecule has 0 radical (unpaired) electrons. The van der Waals surface area contributed by atoms with Crippen molar-refractivity contribution < 1.29 is 9.53 Å². The van der Waals surface area contributed by atoms with Crippen LogP contribution in [0.25, 0.3) is 0 Å². The zero-order chi connectivity index (χ0) is 21.9. The molecule has 0 aromatic carbocycles. The number of rotatable bonds is 10. The number of nitrogens with zero attached hydrogens (tertiary/aromatic N) is 3. The Hall–Kier alpha value is -0.610. The summed E-state index contributed by atoms with van der Waals surface area (Å²) in [6, 6.07) is 0. The largest absolute Gasteiger partial charge is 0.385 e. The van der Waals surface area contributed by atoms with E-state index in [1.54, 1.807) is 7.11 Å². The fourth-order valence-electron chi connectivity index (χ4n) is 5.47. The maximum Gasteiger partial charge on any atom is 0.225 e. The molecular formula is C24H46IN5O2. The number of nitrogens with one attached hydrogen (secondary N) is 2. The summed E-state index contributed by atoms with van der Waals surface area (Å²) in [4.78, 5) is 22.1. The molecule has 2 aliphatic carbocycles. The lowest BCUT2D eigenvalue weighted by atomic mass is 9.83. The molecule has 186 valence electrons. The average Bonchev–Trinajstić information content (AvgIpc) is 3.49. The van der Waals surface area contributed by atoms with Gasteiger partial charge in [0.1, 0.15) is 0 Å². The van der Waals surface area contributed by atoms with Crippen molar-refractivity contribution in [3.05, 3.63) is 0 Å². The molecule has 0 unspecified atom stereocenters. The fraction of sp³-hybridized carbons (Fsp3) is 0.917. The van der Waals surface area contributed by atoms with E-state index in [1.165, 1.54) is 38.5 Å². The molecular weight excluding hydrogens is 517 g/mol. The smallest absolute Gasteiger partial charge is 0.225 e. The van der Waals surface area contributed by atoms with Gasteiger partial charge in [-0.3, -0.25) is 14.7 Å². The van der Waals surface area contributed by atoms with Gasteiger partial charge in [-0.2, -0.15) is 0 Å². The minimum atomic E-state index is 0. The van der Waals surface area contributed by atoms with Crippen LogP contribution in [-0.2, 0) is 9.53 Å². The molecule has 7 nitrogen and oxygen atoms in total. The highest BCUT2D eigenvalue weighted by Crippen LogP contribution is 2.41. The SMILES string of the molecule is CCNC(=NCC1(CCOC)CCCC1)NCCN1CCN(C(=O)C2CCCC2)CC1.I. The monoisotopic (exact) mass is 563 g/mol. The number of piperazine rings is 1. The fourth-order valence-corrected chi connectivity index (χ4v) is 5.47. The van der Waals surface area contributed by atoms with Crippen LogP contribution in [0.4, 0.5) is 0 Å². The summed E-state index contributed by atoms with van der Waals surface area (Å²) in [6.45, 7) is 10.3. The Kier molecular flexibility index (Phi) is 12.6. The van der Waals surface area contributed by atoms with Gasteiger partial charge in [0.25, 0.3) is 0 Å². The van der Waals surface area contributed by atoms with Gasteiger partial charge in [-0.15, -0.1) is 24.0 Å². The highest BCUT2D eigenvalue weighted by Gasteiger charge is 2.33. The summed E-state index contributed by atoms with van der Waals surface area (Å²) >= 11 is 0. The van der Waals surface area contributed by atoms with E-state index in [2.05, 4.69) is 27.4 Å². The van der Waals surface area contributed by atoms with Gasteiger partial charge in [-0.1, -0.05) is 25.7 Å². The number of halogens is 1. The number of hydrogen-bond acceptors (Lipinski definition) is 4. The van der Waals surface area contributed by atoms with Crippen LogP contribution in [-0.4, -0.2) is 87.7 Å². The molecule has 3 aliphatic rings. The highest BCUT2D eigenvalue weighted by molar-refractivity contribution is 14.0. The second kappa shape index (κ2) is 14.6. The van der Waals surface area contributed by atoms with Crippen LogP contribution in [0.2, 0.25) is 0 Å². The molecule has 0 bridgehead atoms. The van der Waals surface area contributed by atoms with Crippen molar-refractivity contribution in [3.63, 3.8) is 0 Å². The van der Waals surface area contributed by atoms with Crippen molar-refractivity contribution in [1.29, 1.82) is 0 Å². The molecule has 1 aliphatic heterocycles. The van der Waals surface area contributed by atoms with Gasteiger partial charge in [-0.25, -0.2) is 0 Å². The molecule has 3 fully saturated rings. The number of hydrogen-bond donors (Lipinski definition) is 2. The van der Waals surface area contributed by atoms with Crippen molar-refractivity contribution in [3.8, 4) is 0 Å². The first-order valence-corrected chi connectivity index (χ1v) is 12.7. The molecule has 0 aromatic heterocycles. The number of carbonyl (C=O) groups is 1. The molecule has 0 atom stereocenters. The maximum absolute atomic E-state index is 12.6. The lowest BCUT2D eigenvalue weighted by Gasteiger charge is -2.36. The molecule has 0 aromatic rings. The summed E-state index contributed by atoms with van der Waals surface area (Å²) in [6.07, 6.45) is 10.9. The molecule has 1 saturated heterocycles. The van der Waals surface area contributed by atoms with E-state index < -0.39 is 0 Å². The Labute approximate surface area is 212 Å². The first-order valence-electron chi connectivity index (χ1n) is 12.7. The van der Waals surface area contributed by atoms with Crippen molar-refractivity contribution in [2.45, 2.75) is 64.7 Å². The summed E-state index contributed by atoms with van der Waals surface area (Å²) in [5.74, 6) is 1.64. The van der Waals surface area contributed by atoms with Crippen LogP contribution in [0.5, 0.6) is 0 Å². The summed E-state index contributed by atoms with van der Waals surface area (Å²) in [5, 5.41) is 6.94. The zero-order valence-electron chi connectivity index (χ0n) is 20.4. The second-order valence-electron chi connectivity index (χ2n) is 9.72. The second-order valence-corrected chi connectivity index (χ2v) is 9.72. The average molecular weight is 564 g/mol. The van der Waals surface area contributed by atoms with Gasteiger partial charge < -0.3 is 20.3 Å². The Balaban J connectivity index is 0.00000363. The van der Waals surface area contributed by atoms with E-state index in [0.717, 1.165) is 84.2 Å². The van der Waals surface area contributed by atoms with Gasteiger partial charge in [0.15, 0.2) is 5.96 Å². The molecule has 3 rings (SSSR count). The van der Waals surface area contributed by atoms with Crippen LogP contribution < -0.4 is 10.6 Å². The van der Waals surface area contributed by atoms with Gasteiger partial charge in [0.2, 0.25) is 5.91 Å². The number of carbonyl (C=O) groups excluding carboxylic acids is 1. The number of guanidine groups is 1. The summed E-state index contributed by atoms with van der Waals surface area (Å²) in [5.41, 5.74) is 0.320. The topological polar surface area (TPSA) is 69.2 Å². The predicted octanol–water partition coefficient (Wildman–Crippen LogP) is 3.09. The Morgan fingerprint density at radius 1 is 1.06 bits per heavy atom. The third-order valence-electron chi connectivity index (χ3n) is 7.53. The number of amides is 1. The third kappa shape index (κ3) is 8.31. The van der Waals surface area contributed by atoms with Crippen LogP contribution in [0, 0.1) is 11.3 Å². The van der Waals surface area contributed by atoms with E-state index in [0.29, 0.717) is 17.2 Å². The first-order chi connectivity index (χ1) is 15.2. The van der Waals surface area contributed by atoms with Gasteiger partial charge >= 0.3 is 0 Å². The number of aliphatic imine (C=N–C) groups is 1. The Morgan fingerprint density at radius 3 is 2.38 bits per heavy atom. The lowest BCUT2D eigenvalue weighted by molar-refractivity contribution is -0.137. The number of methoxy groups -OCH3 is 1. The molecule has 8 heteroatoms. The minimum Gasteiger partial charge on any atom is -0.385 e. The lowest BCUT2D eigenvalue weighted by Crippen LogP contribution is -2.52. The molecule has 1 heterocycles. The van der Waals surface area contributed by atoms with Crippen molar-refractivity contribution in [1.82, 2.24) is 20.4 Å². The van der Waals surface area contributed by atoms with Gasteiger partial charge in [-0.05, 0) is 44.4 Å². The molecule has 2 N–H and O–H groups in total. The predicted molar refractivity (Wildman–Crippen MR) is 142 cm³/mol. The van der Waals surface area contributed by atoms with Crippen LogP contribution in [0.15, 0.2) is 4.99 Å². The van der Waals surface area contributed by atoms with E-state index in [1.807, 2.05) is 0 Å². The van der Waals surface area contributed by atoms with Gasteiger partial charge in [0, 0.05) is 72.0 Å². The highest BCUT2D eigenvalue weighted by atomic mass is 127. The van der Waals surface area contributed by atoms with Crippen molar-refractivity contribution in [2.75, 3.05) is 66.1 Å². The molecule has 32 heavy (non-hydrogen) atoms. The van der Waals surface area contributed by atoms with Crippen molar-refractivity contribution in [2.24, 2.45) is 16.3 Å². The Morgan fingerprint density at radius 2 is 1.75 bits per heavy atom. The zero-order valence-corrected chi connectivity index (χ0v) is 22.7. The standard InChI is InChI=1S/C24H45N5O2.HI/c1-3-25-23(27-20-24(12-19-31-2)10-6-7-11-24)26-13-14-28-15-17-29(18-16-28)22(30)21-8-4-5-9-21;/h21H,3-20H2,1-2H3,(H2,25,26,27);1H. The van der Waals surface area contributed by atoms with Crippen LogP contribution in [0.1, 0.15) is 64.7 Å². The summed E-state index contributed by atoms with van der Waals surface area (Å²) in [7, 11) is 1.79. The quantitative estimate of drug-likeness (QED) is 0.243. The molecule has 1 amide bonds. The van der Waals surface area contributed by atoms with E-state index in [4.69, 9.17) is 9.73 Å². The first kappa shape index (κ1) is 27.6. The van der Waals surface area contributed by atoms with E-state index in [9.17, 15) is 4.79 Å². The van der Waals surface area contributed by atoms with Crippen LogP contribution >= 0.6 is 24.0 Å². The number of ether oxygens (including phenoxy) is 1. The summed E-state index contributed by atoms with van der Waals surface area (Å²) < 4.78 is 5.36. The minimum absolute atomic E-state index is 0. The molecule has 0 spiro atoms. The maximum atomic E-state index is 12.6. The van der Waals surface area contributed by atoms with Crippen molar-refractivity contribution >= 4 is 35.8 Å². The third-order valence-corrected chi connectivity index (χ3v) is 7.53. The van der Waals surface area contributed by atoms with E-state index >= 15 is 0 Å². The van der Waals surface area contributed by atoms with E-state index in [-0.39, 0.29) is 24.0 Å². The van der Waals surface area contributed by atoms with Gasteiger partial charge in [0.05, 0.1) is 0 Å². The van der Waals surface area contributed by atoms with Crippen LogP contribution in [0.3, 0.4) is 0 Å². The molecule has 2 saturated carbocycles. The normalized spacial score (nSPS) is 22.1. The Bertz CT molecular complexity index is 569.